The molecule has 2 aromatic carbocycles. The first-order valence-electron chi connectivity index (χ1n) is 11.4. The summed E-state index contributed by atoms with van der Waals surface area (Å²) in [5.74, 6) is -3.94. The molecule has 0 aromatic heterocycles. The lowest BCUT2D eigenvalue weighted by atomic mass is 10.1. The molecule has 1 heterocycles. The third-order valence-electron chi connectivity index (χ3n) is 5.47. The predicted molar refractivity (Wildman–Crippen MR) is 135 cm³/mol. The number of nitrogens with zero attached hydrogens (tertiary/aromatic N) is 1. The van der Waals surface area contributed by atoms with Gasteiger partial charge in [0.25, 0.3) is 0 Å². The number of nitrogens with one attached hydrogen (secondary N) is 2. The molecular weight excluding hydrogens is 510 g/mol. The summed E-state index contributed by atoms with van der Waals surface area (Å²) in [5, 5.41) is 21.0. The molecule has 1 aliphatic rings. The largest absolute Gasteiger partial charge is 0.473 e. The first-order chi connectivity index (χ1) is 17.0. The quantitative estimate of drug-likeness (QED) is 0.391. The second kappa shape index (κ2) is 13.9. The molecular formula is C24H30ClN3O7S. The summed E-state index contributed by atoms with van der Waals surface area (Å²) in [6, 6.07) is 14.3. The van der Waals surface area contributed by atoms with E-state index in [0.29, 0.717) is 23.8 Å². The number of hydrogen-bond acceptors (Lipinski definition) is 6. The van der Waals surface area contributed by atoms with Crippen LogP contribution in [0.15, 0.2) is 53.4 Å². The van der Waals surface area contributed by atoms with Crippen LogP contribution in [0.5, 0.6) is 0 Å². The number of sulfonamides is 1. The van der Waals surface area contributed by atoms with Crippen LogP contribution in [0.1, 0.15) is 44.2 Å². The SMILES string of the molecule is CC(NCC(=O)Nc1cc(S(=O)(=O)N2CCCCCC2)ccc1Cl)c1ccccc1.O=C(O)C(=O)O. The number of aliphatic carboxylic acids is 2. The van der Waals surface area contributed by atoms with Crippen LogP contribution in [0.25, 0.3) is 0 Å². The maximum Gasteiger partial charge on any atom is 0.414 e. The summed E-state index contributed by atoms with van der Waals surface area (Å²) in [6.07, 6.45) is 3.81. The molecule has 1 unspecified atom stereocenters. The first-order valence-corrected chi connectivity index (χ1v) is 13.2. The summed E-state index contributed by atoms with van der Waals surface area (Å²) in [4.78, 5) is 30.8. The van der Waals surface area contributed by atoms with Gasteiger partial charge in [0.05, 0.1) is 22.2 Å². The fourth-order valence-corrected chi connectivity index (χ4v) is 5.20. The van der Waals surface area contributed by atoms with E-state index in [2.05, 4.69) is 10.6 Å². The average molecular weight is 540 g/mol. The summed E-state index contributed by atoms with van der Waals surface area (Å²) in [6.45, 7) is 3.10. The van der Waals surface area contributed by atoms with Gasteiger partial charge in [0.1, 0.15) is 0 Å². The van der Waals surface area contributed by atoms with Gasteiger partial charge < -0.3 is 20.8 Å². The Balaban J connectivity index is 0.000000678. The third-order valence-corrected chi connectivity index (χ3v) is 7.69. The lowest BCUT2D eigenvalue weighted by Crippen LogP contribution is -2.32. The molecule has 12 heteroatoms. The van der Waals surface area contributed by atoms with Gasteiger partial charge in [0.2, 0.25) is 15.9 Å². The standard InChI is InChI=1S/C22H28ClN3O3S.C2H2O4/c1-17(18-9-5-4-6-10-18)24-16-22(27)25-21-15-19(11-12-20(21)23)30(28,29)26-13-7-2-3-8-14-26;3-1(4)2(5)6/h4-6,9-12,15,17,24H,2-3,7-8,13-14,16H2,1H3,(H,25,27);(H,3,4)(H,5,6). The van der Waals surface area contributed by atoms with E-state index in [1.54, 1.807) is 0 Å². The van der Waals surface area contributed by atoms with E-state index in [9.17, 15) is 13.2 Å². The maximum atomic E-state index is 13.0. The fourth-order valence-electron chi connectivity index (χ4n) is 3.49. The number of carboxylic acid groups (broad SMARTS) is 2. The molecule has 196 valence electrons. The molecule has 2 aromatic rings. The normalized spacial score (nSPS) is 15.1. The monoisotopic (exact) mass is 539 g/mol. The summed E-state index contributed by atoms with van der Waals surface area (Å²) < 4.78 is 27.6. The fraction of sp³-hybridized carbons (Fsp3) is 0.375. The van der Waals surface area contributed by atoms with Gasteiger partial charge in [0.15, 0.2) is 0 Å². The van der Waals surface area contributed by atoms with Crippen molar-refractivity contribution in [2.75, 3.05) is 25.0 Å². The second-order valence-corrected chi connectivity index (χ2v) is 10.5. The third kappa shape index (κ3) is 8.90. The summed E-state index contributed by atoms with van der Waals surface area (Å²) in [7, 11) is -3.61. The van der Waals surface area contributed by atoms with Gasteiger partial charge in [-0.05, 0) is 43.5 Å². The highest BCUT2D eigenvalue weighted by atomic mass is 35.5. The molecule has 1 atom stereocenters. The number of anilines is 1. The zero-order valence-corrected chi connectivity index (χ0v) is 21.4. The topological polar surface area (TPSA) is 153 Å². The molecule has 1 aliphatic heterocycles. The van der Waals surface area contributed by atoms with Gasteiger partial charge in [-0.3, -0.25) is 4.79 Å². The Bertz CT molecular complexity index is 1140. The van der Waals surface area contributed by atoms with Gasteiger partial charge in [-0.1, -0.05) is 54.8 Å². The van der Waals surface area contributed by atoms with Crippen molar-refractivity contribution >= 4 is 45.2 Å². The van der Waals surface area contributed by atoms with E-state index in [0.717, 1.165) is 31.2 Å². The van der Waals surface area contributed by atoms with Crippen LogP contribution in [0.4, 0.5) is 5.69 Å². The van der Waals surface area contributed by atoms with Crippen LogP contribution in [-0.4, -0.2) is 60.4 Å². The lowest BCUT2D eigenvalue weighted by Gasteiger charge is -2.20. The Kier molecular flexibility index (Phi) is 11.3. The van der Waals surface area contributed by atoms with E-state index < -0.39 is 22.0 Å². The zero-order valence-electron chi connectivity index (χ0n) is 19.8. The van der Waals surface area contributed by atoms with Crippen LogP contribution in [0.3, 0.4) is 0 Å². The van der Waals surface area contributed by atoms with Gasteiger partial charge in [-0.15, -0.1) is 0 Å². The molecule has 0 aliphatic carbocycles. The molecule has 4 N–H and O–H groups in total. The molecule has 1 fully saturated rings. The molecule has 36 heavy (non-hydrogen) atoms. The minimum atomic E-state index is -3.61. The predicted octanol–water partition coefficient (Wildman–Crippen LogP) is 3.35. The van der Waals surface area contributed by atoms with Gasteiger partial charge in [-0.25, -0.2) is 18.0 Å². The molecule has 0 bridgehead atoms. The van der Waals surface area contributed by atoms with Crippen molar-refractivity contribution in [2.24, 2.45) is 0 Å². The van der Waals surface area contributed by atoms with Gasteiger partial charge in [0, 0.05) is 19.1 Å². The average Bonchev–Trinajstić information content (AvgIpc) is 3.15. The smallest absolute Gasteiger partial charge is 0.414 e. The second-order valence-electron chi connectivity index (χ2n) is 8.13. The van der Waals surface area contributed by atoms with Gasteiger partial charge >= 0.3 is 11.9 Å². The first kappa shape index (κ1) is 29.2. The number of halogens is 1. The van der Waals surface area contributed by atoms with E-state index in [4.69, 9.17) is 31.4 Å². The molecule has 3 rings (SSSR count). The minimum Gasteiger partial charge on any atom is -0.473 e. The number of amides is 1. The van der Waals surface area contributed by atoms with Crippen LogP contribution >= 0.6 is 11.6 Å². The van der Waals surface area contributed by atoms with Crippen molar-refractivity contribution < 1.29 is 33.0 Å². The Morgan fingerprint density at radius 3 is 2.11 bits per heavy atom. The maximum absolute atomic E-state index is 13.0. The van der Waals surface area contributed by atoms with Crippen LogP contribution in [0.2, 0.25) is 5.02 Å². The van der Waals surface area contributed by atoms with Crippen LogP contribution in [-0.2, 0) is 24.4 Å². The number of carbonyl (C=O) groups is 3. The van der Waals surface area contributed by atoms with Crippen molar-refractivity contribution in [3.8, 4) is 0 Å². The molecule has 10 nitrogen and oxygen atoms in total. The van der Waals surface area contributed by atoms with E-state index in [1.807, 2.05) is 37.3 Å². The highest BCUT2D eigenvalue weighted by molar-refractivity contribution is 7.89. The lowest BCUT2D eigenvalue weighted by molar-refractivity contribution is -0.159. The van der Waals surface area contributed by atoms with E-state index in [1.165, 1.54) is 22.5 Å². The molecule has 0 spiro atoms. The van der Waals surface area contributed by atoms with Crippen molar-refractivity contribution in [2.45, 2.75) is 43.5 Å². The number of hydrogen-bond donors (Lipinski definition) is 4. The minimum absolute atomic E-state index is 0.00201. The summed E-state index contributed by atoms with van der Waals surface area (Å²) in [5.41, 5.74) is 1.38. The highest BCUT2D eigenvalue weighted by Crippen LogP contribution is 2.28. The molecule has 0 radical (unpaired) electrons. The number of benzene rings is 2. The van der Waals surface area contributed by atoms with E-state index >= 15 is 0 Å². The summed E-state index contributed by atoms with van der Waals surface area (Å²) >= 11 is 6.22. The van der Waals surface area contributed by atoms with Crippen molar-refractivity contribution in [3.05, 3.63) is 59.1 Å². The number of carboxylic acids is 2. The molecule has 1 saturated heterocycles. The highest BCUT2D eigenvalue weighted by Gasteiger charge is 2.26. The molecule has 1 amide bonds. The Morgan fingerprint density at radius 2 is 1.56 bits per heavy atom. The molecule has 0 saturated carbocycles. The number of carbonyl (C=O) groups excluding carboxylic acids is 1. The Labute approximate surface area is 215 Å². The van der Waals surface area contributed by atoms with E-state index in [-0.39, 0.29) is 23.4 Å². The Hall–Kier alpha value is -2.99. The van der Waals surface area contributed by atoms with Crippen molar-refractivity contribution in [1.82, 2.24) is 9.62 Å². The zero-order chi connectivity index (χ0) is 26.7. The van der Waals surface area contributed by atoms with Crippen LogP contribution < -0.4 is 10.6 Å². The van der Waals surface area contributed by atoms with Crippen LogP contribution in [0, 0.1) is 0 Å². The van der Waals surface area contributed by atoms with Crippen molar-refractivity contribution in [3.63, 3.8) is 0 Å². The van der Waals surface area contributed by atoms with Gasteiger partial charge in [-0.2, -0.15) is 4.31 Å². The van der Waals surface area contributed by atoms with Crippen molar-refractivity contribution in [1.29, 1.82) is 0 Å². The Morgan fingerprint density at radius 1 is 0.972 bits per heavy atom. The number of rotatable bonds is 7.